The van der Waals surface area contributed by atoms with Crippen LogP contribution >= 0.6 is 0 Å². The molecule has 0 aliphatic heterocycles. The van der Waals surface area contributed by atoms with Gasteiger partial charge in [0, 0.05) is 12.1 Å². The molecule has 0 saturated heterocycles. The fourth-order valence-electron chi connectivity index (χ4n) is 1.46. The zero-order valence-corrected chi connectivity index (χ0v) is 12.1. The summed E-state index contributed by atoms with van der Waals surface area (Å²) >= 11 is 0. The molecule has 0 aliphatic carbocycles. The number of halogens is 1. The minimum Gasteiger partial charge on any atom is -1.00 e. The summed E-state index contributed by atoms with van der Waals surface area (Å²) in [6, 6.07) is 8.73. The molecule has 2 rings (SSSR count). The molecule has 0 radical (unpaired) electrons. The Bertz CT molecular complexity index is 550. The third kappa shape index (κ3) is 3.73. The van der Waals surface area contributed by atoms with Crippen molar-refractivity contribution in [2.24, 2.45) is 7.05 Å². The average Bonchev–Trinajstić information content (AvgIpc) is 2.33. The maximum Gasteiger partial charge on any atom is 0.169 e. The summed E-state index contributed by atoms with van der Waals surface area (Å²) in [6.07, 6.45) is 7.77. The molecular formula is C14H14INO2. The lowest BCUT2D eigenvalue weighted by atomic mass is 10.1. The number of phenolic OH excluding ortho intramolecular Hbond substituents is 2. The Kier molecular flexibility index (Phi) is 5.15. The van der Waals surface area contributed by atoms with Gasteiger partial charge in [-0.25, -0.2) is 4.57 Å². The number of benzene rings is 1. The van der Waals surface area contributed by atoms with Crippen molar-refractivity contribution >= 4 is 12.2 Å². The second-order valence-corrected chi connectivity index (χ2v) is 3.88. The number of aryl methyl sites for hydroxylation is 1. The fraction of sp³-hybridized carbons (Fsp3) is 0.0714. The molecule has 2 N–H and O–H groups in total. The van der Waals surface area contributed by atoms with Crippen molar-refractivity contribution in [1.82, 2.24) is 0 Å². The highest BCUT2D eigenvalue weighted by Crippen LogP contribution is 2.25. The van der Waals surface area contributed by atoms with Crippen LogP contribution in [-0.2, 0) is 7.05 Å². The standard InChI is InChI=1S/C14H13NO2.HI/c1-15-8-6-11(7-9-15)2-3-12-4-5-13(16)14(17)10-12;/h2-10,17H,1H3;1H. The van der Waals surface area contributed by atoms with Crippen LogP contribution in [-0.4, -0.2) is 10.2 Å². The maximum absolute atomic E-state index is 9.35. The van der Waals surface area contributed by atoms with Gasteiger partial charge in [0.2, 0.25) is 0 Å². The lowest BCUT2D eigenvalue weighted by Crippen LogP contribution is -3.00. The van der Waals surface area contributed by atoms with Crippen molar-refractivity contribution in [3.63, 3.8) is 0 Å². The van der Waals surface area contributed by atoms with Crippen LogP contribution in [0.15, 0.2) is 42.7 Å². The summed E-state index contributed by atoms with van der Waals surface area (Å²) in [4.78, 5) is 0. The van der Waals surface area contributed by atoms with E-state index in [1.165, 1.54) is 12.1 Å². The zero-order chi connectivity index (χ0) is 12.3. The number of phenols is 2. The molecule has 4 heteroatoms. The Morgan fingerprint density at radius 1 is 0.889 bits per heavy atom. The highest BCUT2D eigenvalue weighted by Gasteiger charge is 1.98. The van der Waals surface area contributed by atoms with Crippen LogP contribution in [0.5, 0.6) is 11.5 Å². The highest BCUT2D eigenvalue weighted by atomic mass is 127. The first-order chi connectivity index (χ1) is 8.15. The van der Waals surface area contributed by atoms with Crippen molar-refractivity contribution < 1.29 is 38.8 Å². The Morgan fingerprint density at radius 3 is 2.11 bits per heavy atom. The van der Waals surface area contributed by atoms with E-state index < -0.39 is 0 Å². The predicted molar refractivity (Wildman–Crippen MR) is 66.3 cm³/mol. The Balaban J connectivity index is 0.00000162. The SMILES string of the molecule is C[n+]1ccc(C=Cc2ccc(O)c(O)c2)cc1.[I-]. The van der Waals surface area contributed by atoms with E-state index in [2.05, 4.69) is 0 Å². The van der Waals surface area contributed by atoms with E-state index in [4.69, 9.17) is 0 Å². The highest BCUT2D eigenvalue weighted by molar-refractivity contribution is 5.70. The predicted octanol–water partition coefficient (Wildman–Crippen LogP) is -0.903. The van der Waals surface area contributed by atoms with E-state index in [0.717, 1.165) is 11.1 Å². The number of hydrogen-bond donors (Lipinski definition) is 2. The molecule has 94 valence electrons. The molecule has 18 heavy (non-hydrogen) atoms. The fourth-order valence-corrected chi connectivity index (χ4v) is 1.46. The molecular weight excluding hydrogens is 341 g/mol. The Hall–Kier alpha value is -1.56. The Labute approximate surface area is 123 Å². The number of nitrogens with zero attached hydrogens (tertiary/aromatic N) is 1. The molecule has 1 aromatic heterocycles. The van der Waals surface area contributed by atoms with Gasteiger partial charge in [-0.2, -0.15) is 0 Å². The van der Waals surface area contributed by atoms with Gasteiger partial charge in [-0.15, -0.1) is 0 Å². The summed E-state index contributed by atoms with van der Waals surface area (Å²) in [5.41, 5.74) is 1.92. The first-order valence-corrected chi connectivity index (χ1v) is 5.30. The van der Waals surface area contributed by atoms with Crippen LogP contribution in [0.3, 0.4) is 0 Å². The van der Waals surface area contributed by atoms with Crippen molar-refractivity contribution in [3.05, 3.63) is 53.9 Å². The normalized spacial score (nSPS) is 10.3. The summed E-state index contributed by atoms with van der Waals surface area (Å²) in [5, 5.41) is 18.5. The number of rotatable bonds is 2. The van der Waals surface area contributed by atoms with Crippen molar-refractivity contribution in [2.75, 3.05) is 0 Å². The summed E-state index contributed by atoms with van der Waals surface area (Å²) in [7, 11) is 1.96. The van der Waals surface area contributed by atoms with Crippen LogP contribution in [0.1, 0.15) is 11.1 Å². The zero-order valence-electron chi connectivity index (χ0n) is 9.92. The molecule has 2 aromatic rings. The van der Waals surface area contributed by atoms with E-state index in [1.807, 2.05) is 48.3 Å². The lowest BCUT2D eigenvalue weighted by molar-refractivity contribution is -0.671. The van der Waals surface area contributed by atoms with Gasteiger partial charge in [0.25, 0.3) is 0 Å². The number of aromatic nitrogens is 1. The van der Waals surface area contributed by atoms with Gasteiger partial charge in [0.15, 0.2) is 23.9 Å². The molecule has 1 aromatic carbocycles. The minimum absolute atomic E-state index is 0. The van der Waals surface area contributed by atoms with Gasteiger partial charge >= 0.3 is 0 Å². The topological polar surface area (TPSA) is 44.3 Å². The van der Waals surface area contributed by atoms with Crippen LogP contribution in [0.4, 0.5) is 0 Å². The molecule has 0 saturated carbocycles. The molecule has 3 nitrogen and oxygen atoms in total. The first kappa shape index (κ1) is 14.5. The minimum atomic E-state index is -0.105. The first-order valence-electron chi connectivity index (χ1n) is 5.30. The molecule has 1 heterocycles. The average molecular weight is 355 g/mol. The largest absolute Gasteiger partial charge is 1.00 e. The second-order valence-electron chi connectivity index (χ2n) is 3.88. The van der Waals surface area contributed by atoms with Crippen LogP contribution in [0.2, 0.25) is 0 Å². The number of hydrogen-bond acceptors (Lipinski definition) is 2. The number of pyridine rings is 1. The van der Waals surface area contributed by atoms with E-state index in [9.17, 15) is 10.2 Å². The van der Waals surface area contributed by atoms with Crippen molar-refractivity contribution in [2.45, 2.75) is 0 Å². The quantitative estimate of drug-likeness (QED) is 0.417. The van der Waals surface area contributed by atoms with Crippen molar-refractivity contribution in [1.29, 1.82) is 0 Å². The third-order valence-corrected chi connectivity index (χ3v) is 2.47. The molecule has 0 bridgehead atoms. The molecule has 0 fully saturated rings. The van der Waals surface area contributed by atoms with Crippen molar-refractivity contribution in [3.8, 4) is 11.5 Å². The van der Waals surface area contributed by atoms with E-state index >= 15 is 0 Å². The summed E-state index contributed by atoms with van der Waals surface area (Å²) in [5.74, 6) is -0.208. The van der Waals surface area contributed by atoms with Crippen LogP contribution in [0.25, 0.3) is 12.2 Å². The van der Waals surface area contributed by atoms with E-state index in [-0.39, 0.29) is 35.5 Å². The van der Waals surface area contributed by atoms with Gasteiger partial charge in [0.05, 0.1) is 0 Å². The van der Waals surface area contributed by atoms with Gasteiger partial charge in [-0.05, 0) is 23.3 Å². The van der Waals surface area contributed by atoms with Gasteiger partial charge in [-0.3, -0.25) is 0 Å². The number of aromatic hydroxyl groups is 2. The summed E-state index contributed by atoms with van der Waals surface area (Å²) in [6.45, 7) is 0. The lowest BCUT2D eigenvalue weighted by Gasteiger charge is -1.98. The van der Waals surface area contributed by atoms with E-state index in [0.29, 0.717) is 0 Å². The monoisotopic (exact) mass is 355 g/mol. The molecule has 0 unspecified atom stereocenters. The van der Waals surface area contributed by atoms with E-state index in [1.54, 1.807) is 6.07 Å². The Morgan fingerprint density at radius 2 is 1.50 bits per heavy atom. The smallest absolute Gasteiger partial charge is 0.169 e. The maximum atomic E-state index is 9.35. The third-order valence-electron chi connectivity index (χ3n) is 2.47. The molecule has 0 amide bonds. The van der Waals surface area contributed by atoms with Crippen LogP contribution in [0, 0.1) is 0 Å². The molecule has 0 spiro atoms. The molecule has 0 atom stereocenters. The van der Waals surface area contributed by atoms with Gasteiger partial charge < -0.3 is 34.2 Å². The van der Waals surface area contributed by atoms with Gasteiger partial charge in [0.1, 0.15) is 7.05 Å². The second kappa shape index (κ2) is 6.39. The van der Waals surface area contributed by atoms with Crippen LogP contribution < -0.4 is 28.5 Å². The molecule has 0 aliphatic rings. The van der Waals surface area contributed by atoms with Gasteiger partial charge in [-0.1, -0.05) is 18.2 Å². The summed E-state index contributed by atoms with van der Waals surface area (Å²) < 4.78 is 1.96.